The van der Waals surface area contributed by atoms with Gasteiger partial charge >= 0.3 is 0 Å². The van der Waals surface area contributed by atoms with Gasteiger partial charge in [-0.3, -0.25) is 0 Å². The van der Waals surface area contributed by atoms with Gasteiger partial charge in [0.15, 0.2) is 0 Å². The summed E-state index contributed by atoms with van der Waals surface area (Å²) in [5.41, 5.74) is 3.86. The van der Waals surface area contributed by atoms with Crippen LogP contribution in [0.15, 0.2) is 36.0 Å². The van der Waals surface area contributed by atoms with E-state index in [0.29, 0.717) is 17.9 Å². The zero-order valence-electron chi connectivity index (χ0n) is 15.8. The largest absolute Gasteiger partial charge is 0.366 e. The van der Waals surface area contributed by atoms with Gasteiger partial charge in [-0.15, -0.1) is 11.3 Å². The molecule has 0 amide bonds. The summed E-state index contributed by atoms with van der Waals surface area (Å²) in [4.78, 5) is 10.2. The van der Waals surface area contributed by atoms with Crippen LogP contribution in [0.25, 0.3) is 21.3 Å². The number of anilines is 1. The minimum Gasteiger partial charge on any atom is -0.366 e. The van der Waals surface area contributed by atoms with E-state index in [9.17, 15) is 0 Å². The van der Waals surface area contributed by atoms with E-state index in [2.05, 4.69) is 65.7 Å². The molecule has 4 heteroatoms. The van der Waals surface area contributed by atoms with Gasteiger partial charge in [-0.05, 0) is 35.8 Å². The molecular formula is C22H27N3S. The SMILES string of the molecule is CC(C)c1ccc(-c2csc3ncnc(NC4CCCCC4C)c23)cc1. The van der Waals surface area contributed by atoms with Crippen LogP contribution in [0, 0.1) is 5.92 Å². The Labute approximate surface area is 159 Å². The predicted molar refractivity (Wildman–Crippen MR) is 112 cm³/mol. The average molecular weight is 366 g/mol. The number of thiophene rings is 1. The van der Waals surface area contributed by atoms with E-state index in [4.69, 9.17) is 0 Å². The van der Waals surface area contributed by atoms with Gasteiger partial charge in [0.2, 0.25) is 0 Å². The Morgan fingerprint density at radius 1 is 1.08 bits per heavy atom. The minimum atomic E-state index is 0.512. The summed E-state index contributed by atoms with van der Waals surface area (Å²) in [6.45, 7) is 6.82. The van der Waals surface area contributed by atoms with Crippen molar-refractivity contribution in [2.45, 2.75) is 58.4 Å². The van der Waals surface area contributed by atoms with Crippen molar-refractivity contribution < 1.29 is 0 Å². The molecule has 1 aromatic carbocycles. The van der Waals surface area contributed by atoms with E-state index in [1.165, 1.54) is 47.8 Å². The molecule has 26 heavy (non-hydrogen) atoms. The summed E-state index contributed by atoms with van der Waals surface area (Å²) in [5, 5.41) is 7.15. The molecule has 0 saturated heterocycles. The maximum Gasteiger partial charge on any atom is 0.139 e. The van der Waals surface area contributed by atoms with Crippen LogP contribution in [0.2, 0.25) is 0 Å². The molecule has 2 atom stereocenters. The summed E-state index contributed by atoms with van der Waals surface area (Å²) < 4.78 is 0. The molecule has 136 valence electrons. The normalized spacial score (nSPS) is 20.6. The molecule has 1 aliphatic carbocycles. The first kappa shape index (κ1) is 17.5. The van der Waals surface area contributed by atoms with Crippen molar-refractivity contribution in [2.75, 3.05) is 5.32 Å². The number of nitrogens with one attached hydrogen (secondary N) is 1. The number of benzene rings is 1. The van der Waals surface area contributed by atoms with E-state index >= 15 is 0 Å². The molecule has 0 bridgehead atoms. The van der Waals surface area contributed by atoms with Gasteiger partial charge < -0.3 is 5.32 Å². The zero-order valence-corrected chi connectivity index (χ0v) is 16.6. The zero-order chi connectivity index (χ0) is 18.1. The third kappa shape index (κ3) is 3.35. The average Bonchev–Trinajstić information content (AvgIpc) is 3.09. The van der Waals surface area contributed by atoms with E-state index in [1.807, 2.05) is 0 Å². The van der Waals surface area contributed by atoms with Crippen LogP contribution in [-0.2, 0) is 0 Å². The Morgan fingerprint density at radius 3 is 2.58 bits per heavy atom. The Balaban J connectivity index is 1.72. The first-order valence-electron chi connectivity index (χ1n) is 9.72. The van der Waals surface area contributed by atoms with E-state index < -0.39 is 0 Å². The van der Waals surface area contributed by atoms with Gasteiger partial charge in [0, 0.05) is 17.0 Å². The quantitative estimate of drug-likeness (QED) is 0.575. The van der Waals surface area contributed by atoms with Crippen molar-refractivity contribution in [3.8, 4) is 11.1 Å². The van der Waals surface area contributed by atoms with Crippen LogP contribution >= 0.6 is 11.3 Å². The second kappa shape index (κ2) is 7.36. The highest BCUT2D eigenvalue weighted by Gasteiger charge is 2.23. The number of hydrogen-bond donors (Lipinski definition) is 1. The van der Waals surface area contributed by atoms with Gasteiger partial charge in [0.1, 0.15) is 17.0 Å². The number of fused-ring (bicyclic) bond motifs is 1. The van der Waals surface area contributed by atoms with Crippen molar-refractivity contribution in [3.63, 3.8) is 0 Å². The van der Waals surface area contributed by atoms with Crippen molar-refractivity contribution in [2.24, 2.45) is 5.92 Å². The van der Waals surface area contributed by atoms with Crippen LogP contribution in [-0.4, -0.2) is 16.0 Å². The molecular weight excluding hydrogens is 338 g/mol. The Bertz CT molecular complexity index is 882. The maximum absolute atomic E-state index is 4.62. The first-order valence-corrected chi connectivity index (χ1v) is 10.6. The maximum atomic E-state index is 4.62. The Kier molecular flexibility index (Phi) is 4.94. The highest BCUT2D eigenvalue weighted by Crippen LogP contribution is 2.38. The summed E-state index contributed by atoms with van der Waals surface area (Å²) in [6, 6.07) is 9.46. The van der Waals surface area contributed by atoms with Crippen molar-refractivity contribution >= 4 is 27.4 Å². The third-order valence-corrected chi connectivity index (χ3v) is 6.58. The van der Waals surface area contributed by atoms with Gasteiger partial charge in [0.25, 0.3) is 0 Å². The lowest BCUT2D eigenvalue weighted by atomic mass is 9.86. The summed E-state index contributed by atoms with van der Waals surface area (Å²) in [5.74, 6) is 2.25. The topological polar surface area (TPSA) is 37.8 Å². The molecule has 1 aliphatic rings. The number of nitrogens with zero attached hydrogens (tertiary/aromatic N) is 2. The Hall–Kier alpha value is -1.94. The lowest BCUT2D eigenvalue weighted by Gasteiger charge is -2.30. The van der Waals surface area contributed by atoms with Crippen molar-refractivity contribution in [1.29, 1.82) is 0 Å². The lowest BCUT2D eigenvalue weighted by Crippen LogP contribution is -2.30. The van der Waals surface area contributed by atoms with Gasteiger partial charge in [-0.25, -0.2) is 9.97 Å². The lowest BCUT2D eigenvalue weighted by molar-refractivity contribution is 0.349. The van der Waals surface area contributed by atoms with Crippen LogP contribution in [0.3, 0.4) is 0 Å². The molecule has 3 nitrogen and oxygen atoms in total. The molecule has 2 unspecified atom stereocenters. The van der Waals surface area contributed by atoms with Crippen LogP contribution in [0.1, 0.15) is 57.9 Å². The van der Waals surface area contributed by atoms with Crippen LogP contribution in [0.4, 0.5) is 5.82 Å². The standard InChI is InChI=1S/C22H27N3S/c1-14(2)16-8-10-17(11-9-16)18-12-26-22-20(18)21(23-13-24-22)25-19-7-5-4-6-15(19)3/h8-15,19H,4-7H2,1-3H3,(H,23,24,25). The third-order valence-electron chi connectivity index (χ3n) is 5.69. The summed E-state index contributed by atoms with van der Waals surface area (Å²) in [7, 11) is 0. The highest BCUT2D eigenvalue weighted by atomic mass is 32.1. The fourth-order valence-corrected chi connectivity index (χ4v) is 4.87. The highest BCUT2D eigenvalue weighted by molar-refractivity contribution is 7.17. The molecule has 1 fully saturated rings. The number of rotatable bonds is 4. The smallest absolute Gasteiger partial charge is 0.139 e. The van der Waals surface area contributed by atoms with Crippen molar-refractivity contribution in [1.82, 2.24) is 9.97 Å². The number of aromatic nitrogens is 2. The molecule has 0 aliphatic heterocycles. The molecule has 3 aromatic rings. The Morgan fingerprint density at radius 2 is 1.85 bits per heavy atom. The van der Waals surface area contributed by atoms with Gasteiger partial charge in [0.05, 0.1) is 5.39 Å². The van der Waals surface area contributed by atoms with Crippen molar-refractivity contribution in [3.05, 3.63) is 41.5 Å². The predicted octanol–water partition coefficient (Wildman–Crippen LogP) is 6.47. The van der Waals surface area contributed by atoms with Gasteiger partial charge in [-0.2, -0.15) is 0 Å². The molecule has 1 N–H and O–H groups in total. The fraction of sp³-hybridized carbons (Fsp3) is 0.455. The van der Waals surface area contributed by atoms with E-state index in [1.54, 1.807) is 17.7 Å². The second-order valence-corrected chi connectivity index (χ2v) is 8.70. The molecule has 2 heterocycles. The summed E-state index contributed by atoms with van der Waals surface area (Å²) >= 11 is 1.71. The van der Waals surface area contributed by atoms with Crippen LogP contribution < -0.4 is 5.32 Å². The monoisotopic (exact) mass is 365 g/mol. The molecule has 2 aromatic heterocycles. The van der Waals surface area contributed by atoms with Crippen LogP contribution in [0.5, 0.6) is 0 Å². The molecule has 0 spiro atoms. The molecule has 1 saturated carbocycles. The van der Waals surface area contributed by atoms with E-state index in [-0.39, 0.29) is 0 Å². The molecule has 4 rings (SSSR count). The second-order valence-electron chi connectivity index (χ2n) is 7.84. The molecule has 0 radical (unpaired) electrons. The first-order chi connectivity index (χ1) is 12.6. The van der Waals surface area contributed by atoms with Gasteiger partial charge in [-0.1, -0.05) is 57.9 Å². The number of hydrogen-bond acceptors (Lipinski definition) is 4. The fourth-order valence-electron chi connectivity index (χ4n) is 3.95. The summed E-state index contributed by atoms with van der Waals surface area (Å²) in [6.07, 6.45) is 6.89. The van der Waals surface area contributed by atoms with E-state index in [0.717, 1.165) is 10.6 Å². The minimum absolute atomic E-state index is 0.512.